The van der Waals surface area contributed by atoms with Crippen LogP contribution in [0.15, 0.2) is 0 Å². The number of rotatable bonds is 7. The summed E-state index contributed by atoms with van der Waals surface area (Å²) in [5, 5.41) is 9.73. The molecular weight excluding hydrogens is 464 g/mol. The van der Waals surface area contributed by atoms with Crippen molar-refractivity contribution in [3.05, 3.63) is 0 Å². The molecule has 0 spiro atoms. The number of carbonyl (C=O) groups is 2. The van der Waals surface area contributed by atoms with E-state index < -0.39 is 0 Å². The van der Waals surface area contributed by atoms with E-state index in [0.29, 0.717) is 48.4 Å². The van der Waals surface area contributed by atoms with Gasteiger partial charge in [-0.15, -0.1) is 11.6 Å². The highest BCUT2D eigenvalue weighted by atomic mass is 35.5. The molecule has 1 aliphatic carbocycles. The first kappa shape index (κ1) is 25.7. The zero-order valence-electron chi connectivity index (χ0n) is 21.4. The molecule has 5 N–H and O–H groups in total. The minimum atomic E-state index is 0.0313. The lowest BCUT2D eigenvalue weighted by Gasteiger charge is -2.39. The van der Waals surface area contributed by atoms with E-state index in [-0.39, 0.29) is 11.9 Å². The summed E-state index contributed by atoms with van der Waals surface area (Å²) >= 11 is 6.38. The third kappa shape index (κ3) is 6.50. The summed E-state index contributed by atoms with van der Waals surface area (Å²) in [7, 11) is 0. The average Bonchev–Trinajstić information content (AvgIpc) is 3.33. The number of alkyl halides is 1. The smallest absolute Gasteiger partial charge is 0.278 e. The van der Waals surface area contributed by atoms with Crippen LogP contribution in [0.1, 0.15) is 64.2 Å². The fraction of sp³-hybridized carbons (Fsp3) is 0.923. The van der Waals surface area contributed by atoms with Gasteiger partial charge in [-0.3, -0.25) is 14.5 Å². The van der Waals surface area contributed by atoms with E-state index in [1.165, 1.54) is 43.5 Å². The van der Waals surface area contributed by atoms with Gasteiger partial charge < -0.3 is 25.8 Å². The van der Waals surface area contributed by atoms with Gasteiger partial charge in [-0.25, -0.2) is 0 Å². The van der Waals surface area contributed by atoms with Gasteiger partial charge in [-0.05, 0) is 44.6 Å². The van der Waals surface area contributed by atoms with Crippen molar-refractivity contribution in [2.45, 2.75) is 93.9 Å². The van der Waals surface area contributed by atoms with Gasteiger partial charge in [0.25, 0.3) is 5.91 Å². The van der Waals surface area contributed by atoms with Crippen LogP contribution in [0, 0.1) is 5.92 Å². The fourth-order valence-corrected chi connectivity index (χ4v) is 7.76. The molecule has 5 rings (SSSR count). The minimum absolute atomic E-state index is 0.0313. The van der Waals surface area contributed by atoms with Crippen molar-refractivity contribution in [2.75, 3.05) is 52.4 Å². The molecule has 198 valence electrons. The molecule has 7 atom stereocenters. The predicted molar refractivity (Wildman–Crippen MR) is 136 cm³/mol. The highest BCUT2D eigenvalue weighted by Gasteiger charge is 2.47. The molecule has 4 unspecified atom stereocenters. The van der Waals surface area contributed by atoms with Crippen LogP contribution < -0.4 is 20.9 Å². The van der Waals surface area contributed by atoms with Gasteiger partial charge in [0, 0.05) is 57.2 Å². The summed E-state index contributed by atoms with van der Waals surface area (Å²) in [5.74, 6) is 1.16. The summed E-state index contributed by atoms with van der Waals surface area (Å²) in [5.41, 5.74) is 0. The lowest BCUT2D eigenvalue weighted by Crippen LogP contribution is -3.21. The number of piperidine rings is 1. The second-order valence-corrected chi connectivity index (χ2v) is 12.4. The van der Waals surface area contributed by atoms with E-state index in [4.69, 9.17) is 11.6 Å². The molecule has 1 saturated carbocycles. The molecule has 5 aliphatic rings. The van der Waals surface area contributed by atoms with Gasteiger partial charge in [0.1, 0.15) is 12.2 Å². The van der Waals surface area contributed by atoms with Crippen LogP contribution in [0.5, 0.6) is 0 Å². The van der Waals surface area contributed by atoms with Crippen LogP contribution in [0.3, 0.4) is 0 Å². The number of fused-ring (bicyclic) bond motifs is 1. The molecule has 4 aliphatic heterocycles. The lowest BCUT2D eigenvalue weighted by molar-refractivity contribution is -0.930. The van der Waals surface area contributed by atoms with Crippen molar-refractivity contribution in [2.24, 2.45) is 5.92 Å². The zero-order chi connectivity index (χ0) is 24.2. The fourth-order valence-electron chi connectivity index (χ4n) is 7.35. The number of carbonyl (C=O) groups excluding carboxylic acids is 2. The quantitative estimate of drug-likeness (QED) is 0.327. The predicted octanol–water partition coefficient (Wildman–Crippen LogP) is -1.10. The van der Waals surface area contributed by atoms with Crippen molar-refractivity contribution >= 4 is 23.4 Å². The molecule has 4 heterocycles. The average molecular weight is 511 g/mol. The summed E-state index contributed by atoms with van der Waals surface area (Å²) in [6, 6.07) is 0.759. The largest absolute Gasteiger partial charge is 0.345 e. The Morgan fingerprint density at radius 1 is 1.11 bits per heavy atom. The van der Waals surface area contributed by atoms with Crippen LogP contribution in [0.4, 0.5) is 0 Å². The molecule has 0 aromatic carbocycles. The van der Waals surface area contributed by atoms with Crippen molar-refractivity contribution < 1.29 is 19.8 Å². The first-order valence-corrected chi connectivity index (χ1v) is 14.9. The standard InChI is InChI=1S/C26H45ClN6O2/c27-20-5-3-4-19(14-20)16-29-21-15-23-26(35)30-17-22(33(23)18-21)7-8-25(34)32-12-10-31(11-13-32)24-6-1-2-9-28-24/h19-24,28-29H,1-18H2,(H,30,35)/p+2/t19?,20?,21-,22-,23+,24?/m0/s1. The van der Waals surface area contributed by atoms with E-state index in [0.717, 1.165) is 65.0 Å². The van der Waals surface area contributed by atoms with Crippen molar-refractivity contribution in [1.29, 1.82) is 0 Å². The lowest BCUT2D eigenvalue weighted by atomic mass is 9.88. The number of halogens is 1. The molecule has 9 heteroatoms. The normalized spacial score (nSPS) is 38.7. The first-order valence-electron chi connectivity index (χ1n) is 14.4. The third-order valence-corrected chi connectivity index (χ3v) is 9.86. The number of amides is 2. The monoisotopic (exact) mass is 510 g/mol. The molecule has 8 nitrogen and oxygen atoms in total. The van der Waals surface area contributed by atoms with Gasteiger partial charge in [-0.2, -0.15) is 0 Å². The van der Waals surface area contributed by atoms with Crippen molar-refractivity contribution in [3.63, 3.8) is 0 Å². The van der Waals surface area contributed by atoms with Gasteiger partial charge in [0.05, 0.1) is 25.7 Å². The Bertz CT molecular complexity index is 727. The molecule has 4 saturated heterocycles. The number of hydrogen-bond acceptors (Lipinski definition) is 4. The van der Waals surface area contributed by atoms with Gasteiger partial charge >= 0.3 is 0 Å². The van der Waals surface area contributed by atoms with Crippen LogP contribution >= 0.6 is 11.6 Å². The van der Waals surface area contributed by atoms with Gasteiger partial charge in [-0.1, -0.05) is 6.42 Å². The molecule has 0 aromatic heterocycles. The van der Waals surface area contributed by atoms with Crippen molar-refractivity contribution in [3.8, 4) is 0 Å². The van der Waals surface area contributed by atoms with Crippen LogP contribution in [0.25, 0.3) is 0 Å². The summed E-state index contributed by atoms with van der Waals surface area (Å²) in [6.45, 7) is 7.68. The van der Waals surface area contributed by atoms with Crippen LogP contribution in [-0.4, -0.2) is 104 Å². The first-order chi connectivity index (χ1) is 17.1. The Labute approximate surface area is 215 Å². The van der Waals surface area contributed by atoms with Gasteiger partial charge in [0.2, 0.25) is 5.91 Å². The third-order valence-electron chi connectivity index (χ3n) is 9.46. The second kappa shape index (κ2) is 12.1. The van der Waals surface area contributed by atoms with Crippen LogP contribution in [0.2, 0.25) is 0 Å². The highest BCUT2D eigenvalue weighted by Crippen LogP contribution is 2.27. The molecule has 0 radical (unpaired) electrons. The van der Waals surface area contributed by atoms with Crippen LogP contribution in [-0.2, 0) is 9.59 Å². The molecule has 2 amide bonds. The Hall–Kier alpha value is -0.930. The summed E-state index contributed by atoms with van der Waals surface area (Å²) < 4.78 is 0. The Kier molecular flexibility index (Phi) is 8.87. The van der Waals surface area contributed by atoms with E-state index in [1.54, 1.807) is 0 Å². The maximum Gasteiger partial charge on any atom is 0.278 e. The number of nitrogens with zero attached hydrogens (tertiary/aromatic N) is 2. The SMILES string of the molecule is O=C1NC[C@H](CCC(=O)N2CCN(C3CCCC[NH2+]3)CC2)[NH+]2C[C@@H](NCC3CCCC(Cl)C3)C[C@H]12. The molecular formula is C26H47ClN6O2+2. The van der Waals surface area contributed by atoms with E-state index in [1.807, 2.05) is 0 Å². The topological polar surface area (TPSA) is 85.7 Å². The maximum atomic E-state index is 13.0. The molecule has 0 aromatic rings. The summed E-state index contributed by atoms with van der Waals surface area (Å²) in [6.07, 6.45) is 11.7. The van der Waals surface area contributed by atoms with Gasteiger partial charge in [0.15, 0.2) is 6.04 Å². The number of nitrogens with two attached hydrogens (primary N) is 1. The molecule has 5 fully saturated rings. The number of quaternary nitrogens is 2. The minimum Gasteiger partial charge on any atom is -0.345 e. The number of piperazine rings is 2. The molecule has 0 bridgehead atoms. The van der Waals surface area contributed by atoms with Crippen molar-refractivity contribution in [1.82, 2.24) is 20.4 Å². The number of nitrogens with one attached hydrogen (secondary N) is 3. The Balaban J connectivity index is 1.06. The second-order valence-electron chi connectivity index (χ2n) is 11.8. The van der Waals surface area contributed by atoms with E-state index in [2.05, 4.69) is 25.8 Å². The maximum absolute atomic E-state index is 13.0. The summed E-state index contributed by atoms with van der Waals surface area (Å²) in [4.78, 5) is 31.7. The molecule has 35 heavy (non-hydrogen) atoms. The van der Waals surface area contributed by atoms with E-state index >= 15 is 0 Å². The number of hydrogen-bond donors (Lipinski definition) is 4. The van der Waals surface area contributed by atoms with E-state index in [9.17, 15) is 9.59 Å². The Morgan fingerprint density at radius 2 is 1.97 bits per heavy atom. The highest BCUT2D eigenvalue weighted by molar-refractivity contribution is 6.20. The zero-order valence-corrected chi connectivity index (χ0v) is 22.1. The Morgan fingerprint density at radius 3 is 2.74 bits per heavy atom.